The first-order valence-electron chi connectivity index (χ1n) is 8.22. The quantitative estimate of drug-likeness (QED) is 0.865. The zero-order valence-electron chi connectivity index (χ0n) is 13.2. The summed E-state index contributed by atoms with van der Waals surface area (Å²) in [4.78, 5) is 16.4. The van der Waals surface area contributed by atoms with Crippen molar-refractivity contribution in [1.29, 1.82) is 0 Å². The first-order valence-corrected chi connectivity index (χ1v) is 9.10. The molecule has 1 aromatic carbocycles. The van der Waals surface area contributed by atoms with Crippen LogP contribution in [-0.2, 0) is 4.79 Å². The Kier molecular flexibility index (Phi) is 3.69. The van der Waals surface area contributed by atoms with Gasteiger partial charge in [0.05, 0.1) is 17.4 Å². The molecule has 1 aromatic heterocycles. The second kappa shape index (κ2) is 5.85. The van der Waals surface area contributed by atoms with Crippen LogP contribution in [0.1, 0.15) is 37.1 Å². The standard InChI is InChI=1S/C19H20N2OS/c1-2-21-15-9-4-3-7-13(15)20-14-8-5-10-16(22)18(14)19(21)17-11-6-12-23-17/h3-4,6-7,9,11-12,19-20H,2,5,8,10H2,1H3. The van der Waals surface area contributed by atoms with Gasteiger partial charge in [0, 0.05) is 29.1 Å². The van der Waals surface area contributed by atoms with Crippen LogP contribution in [0, 0.1) is 0 Å². The fourth-order valence-electron chi connectivity index (χ4n) is 3.69. The van der Waals surface area contributed by atoms with Crippen molar-refractivity contribution >= 4 is 28.5 Å². The van der Waals surface area contributed by atoms with E-state index in [-0.39, 0.29) is 6.04 Å². The molecule has 1 aliphatic carbocycles. The molecule has 2 heterocycles. The smallest absolute Gasteiger partial charge is 0.163 e. The second-order valence-electron chi connectivity index (χ2n) is 6.02. The van der Waals surface area contributed by atoms with Gasteiger partial charge in [-0.05, 0) is 43.3 Å². The van der Waals surface area contributed by atoms with Crippen LogP contribution in [0.15, 0.2) is 53.0 Å². The maximum atomic E-state index is 12.8. The second-order valence-corrected chi connectivity index (χ2v) is 6.99. The molecule has 0 spiro atoms. The highest BCUT2D eigenvalue weighted by molar-refractivity contribution is 7.10. The topological polar surface area (TPSA) is 32.3 Å². The Balaban J connectivity index is 1.96. The molecule has 4 heteroatoms. The molecule has 2 aromatic rings. The van der Waals surface area contributed by atoms with Crippen molar-refractivity contribution in [2.24, 2.45) is 0 Å². The van der Waals surface area contributed by atoms with E-state index in [1.165, 1.54) is 10.6 Å². The van der Waals surface area contributed by atoms with E-state index >= 15 is 0 Å². The summed E-state index contributed by atoms with van der Waals surface area (Å²) in [5.74, 6) is 0.295. The Bertz CT molecular complexity index is 763. The lowest BCUT2D eigenvalue weighted by Gasteiger charge is -2.33. The number of nitrogens with one attached hydrogen (secondary N) is 1. The molecule has 0 amide bonds. The average Bonchev–Trinajstić information content (AvgIpc) is 3.04. The maximum absolute atomic E-state index is 12.8. The van der Waals surface area contributed by atoms with Crippen LogP contribution in [0.4, 0.5) is 11.4 Å². The molecule has 1 unspecified atom stereocenters. The van der Waals surface area contributed by atoms with Crippen molar-refractivity contribution in [3.05, 3.63) is 57.9 Å². The van der Waals surface area contributed by atoms with Gasteiger partial charge in [0.25, 0.3) is 0 Å². The van der Waals surface area contributed by atoms with Crippen molar-refractivity contribution in [2.45, 2.75) is 32.2 Å². The first kappa shape index (κ1) is 14.5. The van der Waals surface area contributed by atoms with Crippen LogP contribution in [-0.4, -0.2) is 12.3 Å². The number of carbonyl (C=O) groups excluding carboxylic acids is 1. The summed E-state index contributed by atoms with van der Waals surface area (Å²) in [7, 11) is 0. The fraction of sp³-hybridized carbons (Fsp3) is 0.316. The largest absolute Gasteiger partial charge is 0.358 e. The SMILES string of the molecule is CCN1c2ccccc2NC2=C(C(=O)CCC2)C1c1cccs1. The summed E-state index contributed by atoms with van der Waals surface area (Å²) < 4.78 is 0. The number of para-hydroxylation sites is 2. The number of hydrogen-bond acceptors (Lipinski definition) is 4. The monoisotopic (exact) mass is 324 g/mol. The number of hydrogen-bond donors (Lipinski definition) is 1. The summed E-state index contributed by atoms with van der Waals surface area (Å²) in [5.41, 5.74) is 4.37. The zero-order chi connectivity index (χ0) is 15.8. The molecule has 0 saturated carbocycles. The Hall–Kier alpha value is -2.07. The third kappa shape index (κ3) is 2.38. The fourth-order valence-corrected chi connectivity index (χ4v) is 4.54. The molecule has 0 radical (unpaired) electrons. The molecule has 0 fully saturated rings. The number of allylic oxidation sites excluding steroid dienone is 1. The third-order valence-corrected chi connectivity index (χ3v) is 5.62. The first-order chi connectivity index (χ1) is 11.3. The van der Waals surface area contributed by atoms with Crippen molar-refractivity contribution in [3.8, 4) is 0 Å². The van der Waals surface area contributed by atoms with E-state index in [9.17, 15) is 4.79 Å². The van der Waals surface area contributed by atoms with E-state index in [0.29, 0.717) is 12.2 Å². The van der Waals surface area contributed by atoms with Gasteiger partial charge in [-0.2, -0.15) is 0 Å². The number of anilines is 2. The van der Waals surface area contributed by atoms with E-state index < -0.39 is 0 Å². The van der Waals surface area contributed by atoms with E-state index in [4.69, 9.17) is 0 Å². The Morgan fingerprint density at radius 2 is 2.09 bits per heavy atom. The number of rotatable bonds is 2. The normalized spacial score (nSPS) is 20.7. The summed E-state index contributed by atoms with van der Waals surface area (Å²) in [6.07, 6.45) is 2.56. The number of benzene rings is 1. The Morgan fingerprint density at radius 1 is 1.22 bits per heavy atom. The molecule has 3 nitrogen and oxygen atoms in total. The molecule has 23 heavy (non-hydrogen) atoms. The molecule has 4 rings (SSSR count). The van der Waals surface area contributed by atoms with Crippen molar-refractivity contribution in [3.63, 3.8) is 0 Å². The number of thiophene rings is 1. The highest BCUT2D eigenvalue weighted by Crippen LogP contribution is 2.45. The molecular formula is C19H20N2OS. The molecule has 118 valence electrons. The number of carbonyl (C=O) groups is 1. The molecule has 1 N–H and O–H groups in total. The van der Waals surface area contributed by atoms with Gasteiger partial charge in [-0.25, -0.2) is 0 Å². The van der Waals surface area contributed by atoms with E-state index in [2.05, 4.69) is 58.9 Å². The van der Waals surface area contributed by atoms with Crippen LogP contribution in [0.25, 0.3) is 0 Å². The van der Waals surface area contributed by atoms with Gasteiger partial charge < -0.3 is 10.2 Å². The predicted molar refractivity (Wildman–Crippen MR) is 96.0 cm³/mol. The maximum Gasteiger partial charge on any atom is 0.163 e. The lowest BCUT2D eigenvalue weighted by Crippen LogP contribution is -2.32. The van der Waals surface area contributed by atoms with Gasteiger partial charge in [0.2, 0.25) is 0 Å². The average molecular weight is 324 g/mol. The minimum Gasteiger partial charge on any atom is -0.358 e. The molecule has 0 saturated heterocycles. The molecular weight excluding hydrogens is 304 g/mol. The Morgan fingerprint density at radius 3 is 2.87 bits per heavy atom. The molecule has 1 atom stereocenters. The molecule has 0 bridgehead atoms. The van der Waals surface area contributed by atoms with Crippen LogP contribution < -0.4 is 10.2 Å². The van der Waals surface area contributed by atoms with Gasteiger partial charge in [0.1, 0.15) is 0 Å². The van der Waals surface area contributed by atoms with Gasteiger partial charge in [0.15, 0.2) is 5.78 Å². The third-order valence-electron chi connectivity index (χ3n) is 4.69. The summed E-state index contributed by atoms with van der Waals surface area (Å²) >= 11 is 1.73. The van der Waals surface area contributed by atoms with Crippen molar-refractivity contribution in [2.75, 3.05) is 16.8 Å². The summed E-state index contributed by atoms with van der Waals surface area (Å²) in [6, 6.07) is 12.6. The van der Waals surface area contributed by atoms with Gasteiger partial charge in [-0.15, -0.1) is 11.3 Å². The number of fused-ring (bicyclic) bond motifs is 1. The van der Waals surface area contributed by atoms with Crippen molar-refractivity contribution in [1.82, 2.24) is 0 Å². The van der Waals surface area contributed by atoms with Gasteiger partial charge in [-0.1, -0.05) is 18.2 Å². The lowest BCUT2D eigenvalue weighted by molar-refractivity contribution is -0.116. The van der Waals surface area contributed by atoms with Crippen molar-refractivity contribution < 1.29 is 4.79 Å². The Labute approximate surface area is 140 Å². The number of likely N-dealkylation sites (N-methyl/N-ethyl adjacent to an activating group) is 1. The summed E-state index contributed by atoms with van der Waals surface area (Å²) in [6.45, 7) is 3.03. The number of Topliss-reactive ketones (excluding diaryl/α,β-unsaturated/α-hetero) is 1. The molecule has 2 aliphatic rings. The lowest BCUT2D eigenvalue weighted by atomic mass is 9.88. The predicted octanol–water partition coefficient (Wildman–Crippen LogP) is 4.75. The van der Waals surface area contributed by atoms with Crippen LogP contribution in [0.2, 0.25) is 0 Å². The van der Waals surface area contributed by atoms with E-state index in [0.717, 1.165) is 36.3 Å². The minimum absolute atomic E-state index is 0.0268. The van der Waals surface area contributed by atoms with Crippen LogP contribution in [0.3, 0.4) is 0 Å². The van der Waals surface area contributed by atoms with E-state index in [1.807, 2.05) is 0 Å². The minimum atomic E-state index is 0.0268. The van der Waals surface area contributed by atoms with Gasteiger partial charge >= 0.3 is 0 Å². The van der Waals surface area contributed by atoms with Gasteiger partial charge in [-0.3, -0.25) is 4.79 Å². The number of nitrogens with zero attached hydrogens (tertiary/aromatic N) is 1. The highest BCUT2D eigenvalue weighted by atomic mass is 32.1. The highest BCUT2D eigenvalue weighted by Gasteiger charge is 2.36. The summed E-state index contributed by atoms with van der Waals surface area (Å²) in [5, 5.41) is 5.67. The van der Waals surface area contributed by atoms with Crippen LogP contribution in [0.5, 0.6) is 0 Å². The zero-order valence-corrected chi connectivity index (χ0v) is 14.0. The molecule has 1 aliphatic heterocycles. The van der Waals surface area contributed by atoms with E-state index in [1.54, 1.807) is 11.3 Å². The number of ketones is 1. The van der Waals surface area contributed by atoms with Crippen LogP contribution >= 0.6 is 11.3 Å².